The normalized spacial score (nSPS) is 15.8. The number of hydrogen-bond donors (Lipinski definition) is 0. The van der Waals surface area contributed by atoms with Crippen LogP contribution in [-0.4, -0.2) is 1.73 Å². The van der Waals surface area contributed by atoms with Gasteiger partial charge in [-0.05, 0) is 0 Å². The highest BCUT2D eigenvalue weighted by Crippen LogP contribution is 2.70. The van der Waals surface area contributed by atoms with Crippen molar-refractivity contribution in [2.24, 2.45) is 0 Å². The van der Waals surface area contributed by atoms with Gasteiger partial charge in [0.25, 0.3) is 0 Å². The Morgan fingerprint density at radius 3 is 0.812 bits per heavy atom. The molecule has 97 valence electrons. The van der Waals surface area contributed by atoms with Crippen LogP contribution < -0.4 is 0 Å². The molecule has 0 saturated carbocycles. The van der Waals surface area contributed by atoms with E-state index in [9.17, 15) is 0 Å². The first-order chi connectivity index (χ1) is 6.65. The summed E-state index contributed by atoms with van der Waals surface area (Å²) in [5, 5.41) is 0. The van der Waals surface area contributed by atoms with Crippen molar-refractivity contribution in [2.75, 3.05) is 0 Å². The molecule has 0 amide bonds. The van der Waals surface area contributed by atoms with Gasteiger partial charge in [-0.3, -0.25) is 0 Å². The molecule has 11 heteroatoms. The van der Waals surface area contributed by atoms with Crippen LogP contribution in [0.3, 0.4) is 0 Å². The van der Waals surface area contributed by atoms with E-state index in [0.29, 0.717) is 0 Å². The minimum absolute atomic E-state index is 0.111. The smallest absolute Gasteiger partial charge is 0.0723 e. The number of halogens is 11. The predicted octanol–water partition coefficient (Wildman–Crippen LogP) is 9.00. The molecule has 0 heterocycles. The molecule has 0 N–H and O–H groups in total. The summed E-state index contributed by atoms with van der Waals surface area (Å²) in [6.45, 7) is 0. The highest BCUT2D eigenvalue weighted by molar-refractivity contribution is 14.3. The van der Waals surface area contributed by atoms with Crippen LogP contribution in [0.2, 0.25) is 0 Å². The summed E-state index contributed by atoms with van der Waals surface area (Å²) in [7, 11) is 0. The van der Waals surface area contributed by atoms with Gasteiger partial charge in [-0.25, -0.2) is 0 Å². The second-order valence-electron chi connectivity index (χ2n) is 2.46. The molecule has 0 rings (SSSR count). The summed E-state index contributed by atoms with van der Waals surface area (Å²) < 4.78 is 2.03. The van der Waals surface area contributed by atoms with Crippen LogP contribution in [0.4, 0.5) is 0 Å². The molecule has 0 saturated heterocycles. The van der Waals surface area contributed by atoms with Gasteiger partial charge < -0.3 is 0 Å². The summed E-state index contributed by atoms with van der Waals surface area (Å²) >= 11 is 28.0. The zero-order valence-electron chi connectivity index (χ0n) is 6.66. The molecule has 0 aromatic heterocycles. The lowest BCUT2D eigenvalue weighted by Gasteiger charge is -2.43. The molecular weight excluding hydrogens is 1460 g/mol. The minimum atomic E-state index is 0.111. The molecular formula is C5I11. The lowest BCUT2D eigenvalue weighted by molar-refractivity contribution is 0.994. The van der Waals surface area contributed by atoms with Gasteiger partial charge in [0.15, 0.2) is 0 Å². The summed E-state index contributed by atoms with van der Waals surface area (Å²) in [6, 6.07) is 0. The largest absolute Gasteiger partial charge is 0.149 e. The summed E-state index contributed by atoms with van der Waals surface area (Å²) in [4.78, 5) is 0. The molecule has 0 atom stereocenters. The summed E-state index contributed by atoms with van der Waals surface area (Å²) in [5.74, 6) is 0. The van der Waals surface area contributed by atoms with Crippen molar-refractivity contribution >= 4 is 248 Å². The van der Waals surface area contributed by atoms with Crippen molar-refractivity contribution in [2.45, 2.75) is 1.73 Å². The van der Waals surface area contributed by atoms with Crippen LogP contribution in [0.25, 0.3) is 0 Å². The third-order valence-electron chi connectivity index (χ3n) is 1.26. The Hall–Kier alpha value is 8.03. The zero-order valence-corrected chi connectivity index (χ0v) is 30.4. The van der Waals surface area contributed by atoms with Gasteiger partial charge in [0.2, 0.25) is 0 Å². The molecule has 16 heavy (non-hydrogen) atoms. The highest BCUT2D eigenvalue weighted by atomic mass is 127. The van der Waals surface area contributed by atoms with E-state index in [2.05, 4.69) is 248 Å². The topological polar surface area (TPSA) is 0 Å². The maximum atomic E-state index is 2.57. The van der Waals surface area contributed by atoms with Crippen molar-refractivity contribution < 1.29 is 0 Å². The Morgan fingerprint density at radius 2 is 0.688 bits per heavy atom. The van der Waals surface area contributed by atoms with E-state index in [0.717, 1.165) is 0 Å². The number of alkyl halides is 10. The second-order valence-corrected chi connectivity index (χ2v) is 36.2. The van der Waals surface area contributed by atoms with Gasteiger partial charge in [-0.15, -0.1) is 0 Å². The Balaban J connectivity index is 5.30. The summed E-state index contributed by atoms with van der Waals surface area (Å²) in [5.41, 5.74) is 0. The molecule has 1 radical (unpaired) electrons. The fourth-order valence-corrected chi connectivity index (χ4v) is 9.65. The van der Waals surface area contributed by atoms with Gasteiger partial charge >= 0.3 is 0 Å². The van der Waals surface area contributed by atoms with Gasteiger partial charge in [0.1, 0.15) is 1.73 Å². The standard InChI is InChI=1S/C5I11/c6-1(2(7,8)4(11,12)13)3(9,10)5(14,15)16. The van der Waals surface area contributed by atoms with E-state index in [-0.39, 0.29) is 1.73 Å². The van der Waals surface area contributed by atoms with E-state index < -0.39 is 0 Å². The molecule has 0 aliphatic heterocycles. The van der Waals surface area contributed by atoms with Gasteiger partial charge in [-0.1, -0.05) is 248 Å². The SMILES string of the molecule is I[C](C(I)(I)C(I)(I)I)C(I)(I)C(I)(I)I. The molecule has 0 aliphatic rings. The van der Waals surface area contributed by atoms with E-state index in [4.69, 9.17) is 0 Å². The zero-order chi connectivity index (χ0) is 13.6. The molecule has 0 nitrogen and oxygen atoms in total. The van der Waals surface area contributed by atoms with Crippen molar-refractivity contribution in [1.82, 2.24) is 0 Å². The first kappa shape index (κ1) is 24.0. The molecule has 0 spiro atoms. The molecule has 0 aliphatic carbocycles. The summed E-state index contributed by atoms with van der Waals surface area (Å²) in [6.07, 6.45) is 0. The lowest BCUT2D eigenvalue weighted by Crippen LogP contribution is -2.45. The van der Waals surface area contributed by atoms with Crippen LogP contribution in [0, 0.1) is 3.92 Å². The first-order valence-electron chi connectivity index (χ1n) is 3.08. The van der Waals surface area contributed by atoms with Gasteiger partial charge in [0, 0.05) is 0 Å². The lowest BCUT2D eigenvalue weighted by atomic mass is 10.3. The van der Waals surface area contributed by atoms with Crippen LogP contribution in [-0.2, 0) is 0 Å². The quantitative estimate of drug-likeness (QED) is 0.195. The second kappa shape index (κ2) is 9.11. The van der Waals surface area contributed by atoms with Gasteiger partial charge in [-0.2, -0.15) is 0 Å². The van der Waals surface area contributed by atoms with Crippen LogP contribution in [0.15, 0.2) is 0 Å². The fraction of sp³-hybridized carbons (Fsp3) is 0.800. The predicted molar refractivity (Wildman–Crippen MR) is 168 cm³/mol. The molecule has 0 fully saturated rings. The Kier molecular flexibility index (Phi) is 13.7. The Bertz CT molecular complexity index is 218. The molecule has 0 unspecified atom stereocenters. The number of rotatable bonds is 4. The van der Waals surface area contributed by atoms with E-state index >= 15 is 0 Å². The maximum Gasteiger partial charge on any atom is 0.149 e. The van der Waals surface area contributed by atoms with Crippen LogP contribution >= 0.6 is 248 Å². The molecule has 0 aromatic carbocycles. The third-order valence-corrected chi connectivity index (χ3v) is 29.6. The van der Waals surface area contributed by atoms with Gasteiger partial charge in [0.05, 0.1) is 3.92 Å². The minimum Gasteiger partial charge on any atom is -0.0723 e. The average Bonchev–Trinajstić information content (AvgIpc) is 1.98. The van der Waals surface area contributed by atoms with Crippen LogP contribution in [0.1, 0.15) is 0 Å². The average molecular weight is 1460 g/mol. The van der Waals surface area contributed by atoms with Crippen molar-refractivity contribution in [3.63, 3.8) is 0 Å². The van der Waals surface area contributed by atoms with E-state index in [1.54, 1.807) is 0 Å². The Labute approximate surface area is 246 Å². The van der Waals surface area contributed by atoms with Crippen molar-refractivity contribution in [3.8, 4) is 0 Å². The maximum absolute atomic E-state index is 2.57. The van der Waals surface area contributed by atoms with Crippen LogP contribution in [0.5, 0.6) is 0 Å². The Morgan fingerprint density at radius 1 is 0.500 bits per heavy atom. The third kappa shape index (κ3) is 6.74. The van der Waals surface area contributed by atoms with Crippen molar-refractivity contribution in [3.05, 3.63) is 3.92 Å². The molecule has 0 aromatic rings. The molecule has 0 bridgehead atoms. The number of hydrogen-bond acceptors (Lipinski definition) is 0. The highest BCUT2D eigenvalue weighted by Gasteiger charge is 2.60. The fourth-order valence-electron chi connectivity index (χ4n) is 0.446. The van der Waals surface area contributed by atoms with Crippen molar-refractivity contribution in [1.29, 1.82) is 0 Å². The van der Waals surface area contributed by atoms with E-state index in [1.165, 1.54) is 3.92 Å². The van der Waals surface area contributed by atoms with E-state index in [1.807, 2.05) is 0 Å². The monoisotopic (exact) mass is 1460 g/mol. The first-order valence-corrected chi connectivity index (χ1v) is 14.9.